The molecule has 3 aromatic carbocycles. The van der Waals surface area contributed by atoms with E-state index in [1.807, 2.05) is 93.2 Å². The first-order valence-corrected chi connectivity index (χ1v) is 16.7. The van der Waals surface area contributed by atoms with E-state index in [1.165, 1.54) is 0 Å². The Kier molecular flexibility index (Phi) is 11.9. The molecule has 1 aliphatic heterocycles. The predicted octanol–water partition coefficient (Wildman–Crippen LogP) is 6.55. The Bertz CT molecular complexity index is 1160. The summed E-state index contributed by atoms with van der Waals surface area (Å²) in [7, 11) is 7.00. The van der Waals surface area contributed by atoms with Crippen LogP contribution in [0, 0.1) is 0 Å². The quantitative estimate of drug-likeness (QED) is 0.121. The van der Waals surface area contributed by atoms with E-state index in [-0.39, 0.29) is 18.6 Å². The van der Waals surface area contributed by atoms with Crippen molar-refractivity contribution in [2.75, 3.05) is 38.9 Å². The molecule has 1 N–H and O–H groups in total. The summed E-state index contributed by atoms with van der Waals surface area (Å²) in [5.41, 5.74) is 1.88. The van der Waals surface area contributed by atoms with Crippen LogP contribution in [-0.2, 0) is 15.1 Å². The lowest BCUT2D eigenvalue weighted by Gasteiger charge is -2.38. The molecule has 0 unspecified atom stereocenters. The molecule has 6 nitrogen and oxygen atoms in total. The van der Waals surface area contributed by atoms with E-state index in [9.17, 15) is 9.90 Å². The fraction of sp³-hybridized carbons (Fsp3) is 0.424. The van der Waals surface area contributed by atoms with Crippen LogP contribution in [0.25, 0.3) is 0 Å². The average Bonchev–Trinajstić information content (AvgIpc) is 3.40. The molecule has 1 saturated heterocycles. The van der Waals surface area contributed by atoms with Crippen LogP contribution >= 0.6 is 21.6 Å². The highest BCUT2D eigenvalue weighted by Gasteiger charge is 2.41. The lowest BCUT2D eigenvalue weighted by molar-refractivity contribution is -0.134. The van der Waals surface area contributed by atoms with Gasteiger partial charge in [-0.05, 0) is 60.2 Å². The molecule has 1 amide bonds. The minimum Gasteiger partial charge on any atom is -0.497 e. The van der Waals surface area contributed by atoms with E-state index in [0.29, 0.717) is 19.4 Å². The first-order valence-electron chi connectivity index (χ1n) is 14.2. The van der Waals surface area contributed by atoms with E-state index in [4.69, 9.17) is 14.2 Å². The largest absolute Gasteiger partial charge is 0.497 e. The molecule has 2 atom stereocenters. The summed E-state index contributed by atoms with van der Waals surface area (Å²) in [6.07, 6.45) is 2.38. The van der Waals surface area contributed by atoms with Crippen LogP contribution < -0.4 is 9.47 Å². The minimum absolute atomic E-state index is 0.0791. The molecule has 0 spiro atoms. The number of amides is 1. The molecule has 220 valence electrons. The summed E-state index contributed by atoms with van der Waals surface area (Å²) >= 11 is 0. The molecular formula is C33H41NO5S2. The van der Waals surface area contributed by atoms with Crippen molar-refractivity contribution >= 4 is 27.5 Å². The van der Waals surface area contributed by atoms with Crippen LogP contribution in [0.1, 0.15) is 49.3 Å². The normalized spacial score (nSPS) is 17.0. The van der Waals surface area contributed by atoms with Crippen molar-refractivity contribution in [3.8, 4) is 11.5 Å². The zero-order chi connectivity index (χ0) is 29.1. The average molecular weight is 596 g/mol. The zero-order valence-corrected chi connectivity index (χ0v) is 25.8. The Labute approximate surface area is 252 Å². The van der Waals surface area contributed by atoms with Gasteiger partial charge in [0.25, 0.3) is 0 Å². The number of ether oxygens (including phenoxy) is 3. The van der Waals surface area contributed by atoms with Crippen LogP contribution in [0.4, 0.5) is 0 Å². The molecule has 3 aromatic rings. The van der Waals surface area contributed by atoms with Crippen LogP contribution in [0.3, 0.4) is 0 Å². The van der Waals surface area contributed by atoms with E-state index >= 15 is 0 Å². The first kappa shape index (κ1) is 31.3. The number of methoxy groups -OCH3 is 2. The lowest BCUT2D eigenvalue weighted by Crippen LogP contribution is -2.42. The van der Waals surface area contributed by atoms with Gasteiger partial charge in [0.2, 0.25) is 5.91 Å². The Morgan fingerprint density at radius 1 is 0.878 bits per heavy atom. The van der Waals surface area contributed by atoms with Crippen molar-refractivity contribution in [2.24, 2.45) is 0 Å². The molecular weight excluding hydrogens is 554 g/mol. The third kappa shape index (κ3) is 7.80. The van der Waals surface area contributed by atoms with Gasteiger partial charge < -0.3 is 24.2 Å². The fourth-order valence-corrected chi connectivity index (χ4v) is 7.50. The Morgan fingerprint density at radius 3 is 2.00 bits per heavy atom. The van der Waals surface area contributed by atoms with Gasteiger partial charge in [-0.3, -0.25) is 4.79 Å². The summed E-state index contributed by atoms with van der Waals surface area (Å²) < 4.78 is 17.9. The second-order valence-electron chi connectivity index (χ2n) is 10.2. The van der Waals surface area contributed by atoms with E-state index in [0.717, 1.165) is 52.5 Å². The van der Waals surface area contributed by atoms with Crippen molar-refractivity contribution in [1.29, 1.82) is 0 Å². The Hall–Kier alpha value is -2.65. The van der Waals surface area contributed by atoms with Gasteiger partial charge in [0.1, 0.15) is 17.1 Å². The maximum Gasteiger partial charge on any atom is 0.223 e. The van der Waals surface area contributed by atoms with Gasteiger partial charge in [0.05, 0.1) is 33.0 Å². The second-order valence-corrected chi connectivity index (χ2v) is 12.9. The monoisotopic (exact) mass is 595 g/mol. The van der Waals surface area contributed by atoms with E-state index in [1.54, 1.807) is 14.2 Å². The standard InChI is InChI=1S/C33H41NO5S2/c1-4-20-40-41-21-8-11-32(36)34-23-29(35)22-28(34)24-39-33(25-9-6-5-7-10-25,26-12-16-30(37-2)17-13-26)27-14-18-31(38-3)19-15-27/h5-7,9-10,12-19,28-29,35H,4,8,11,20-24H2,1-3H3/t28-,29+/m0/s1. The van der Waals surface area contributed by atoms with Crippen LogP contribution in [0.15, 0.2) is 78.9 Å². The van der Waals surface area contributed by atoms with Gasteiger partial charge in [-0.15, -0.1) is 0 Å². The maximum absolute atomic E-state index is 13.3. The Morgan fingerprint density at radius 2 is 1.44 bits per heavy atom. The number of aliphatic hydroxyl groups is 1. The summed E-state index contributed by atoms with van der Waals surface area (Å²) in [5, 5.41) is 10.6. The summed E-state index contributed by atoms with van der Waals surface area (Å²) in [5.74, 6) is 3.66. The number of β-amino-alcohol motifs (C(OH)–C–C–N with tert-alkyl or cyclic N) is 1. The van der Waals surface area contributed by atoms with Crippen molar-refractivity contribution < 1.29 is 24.1 Å². The number of benzene rings is 3. The number of carbonyl (C=O) groups is 1. The number of carbonyl (C=O) groups excluding carboxylic acids is 1. The molecule has 0 saturated carbocycles. The molecule has 0 aromatic heterocycles. The van der Waals surface area contributed by atoms with Gasteiger partial charge in [0, 0.05) is 24.5 Å². The summed E-state index contributed by atoms with van der Waals surface area (Å²) in [4.78, 5) is 15.1. The number of nitrogens with zero attached hydrogens (tertiary/aromatic N) is 1. The van der Waals surface area contributed by atoms with E-state index in [2.05, 4.69) is 19.1 Å². The molecule has 0 radical (unpaired) electrons. The summed E-state index contributed by atoms with van der Waals surface area (Å²) in [6, 6.07) is 25.8. The third-order valence-electron chi connectivity index (χ3n) is 7.37. The molecule has 0 bridgehead atoms. The molecule has 8 heteroatoms. The number of hydrogen-bond donors (Lipinski definition) is 1. The van der Waals surface area contributed by atoms with Gasteiger partial charge in [-0.1, -0.05) is 83.1 Å². The van der Waals surface area contributed by atoms with Crippen molar-refractivity contribution in [1.82, 2.24) is 4.90 Å². The zero-order valence-electron chi connectivity index (χ0n) is 24.2. The highest BCUT2D eigenvalue weighted by molar-refractivity contribution is 8.76. The molecule has 41 heavy (non-hydrogen) atoms. The highest BCUT2D eigenvalue weighted by Crippen LogP contribution is 2.42. The topological polar surface area (TPSA) is 68.2 Å². The van der Waals surface area contributed by atoms with Gasteiger partial charge in [0.15, 0.2) is 0 Å². The molecule has 0 aliphatic carbocycles. The van der Waals surface area contributed by atoms with Crippen molar-refractivity contribution in [2.45, 2.75) is 50.4 Å². The van der Waals surface area contributed by atoms with Gasteiger partial charge in [-0.25, -0.2) is 0 Å². The first-order chi connectivity index (χ1) is 20.0. The fourth-order valence-electron chi connectivity index (χ4n) is 5.28. The highest BCUT2D eigenvalue weighted by atomic mass is 33.1. The molecule has 4 rings (SSSR count). The van der Waals surface area contributed by atoms with E-state index < -0.39 is 11.7 Å². The SMILES string of the molecule is CCCSSCCCC(=O)N1C[C@H](O)C[C@H]1COC(c1ccccc1)(c1ccc(OC)cc1)c1ccc(OC)cc1. The predicted molar refractivity (Wildman–Crippen MR) is 169 cm³/mol. The van der Waals surface area contributed by atoms with Crippen molar-refractivity contribution in [3.63, 3.8) is 0 Å². The number of hydrogen-bond acceptors (Lipinski definition) is 7. The van der Waals surface area contributed by atoms with Crippen LogP contribution in [-0.4, -0.2) is 66.9 Å². The Balaban J connectivity index is 1.63. The van der Waals surface area contributed by atoms with Crippen LogP contribution in [0.5, 0.6) is 11.5 Å². The molecule has 1 aliphatic rings. The maximum atomic E-state index is 13.3. The number of likely N-dealkylation sites (tertiary alicyclic amines) is 1. The van der Waals surface area contributed by atoms with Crippen molar-refractivity contribution in [3.05, 3.63) is 95.6 Å². The molecule has 1 heterocycles. The minimum atomic E-state index is -0.963. The smallest absolute Gasteiger partial charge is 0.223 e. The second kappa shape index (κ2) is 15.5. The number of rotatable bonds is 15. The van der Waals surface area contributed by atoms with Gasteiger partial charge in [-0.2, -0.15) is 0 Å². The van der Waals surface area contributed by atoms with Gasteiger partial charge >= 0.3 is 0 Å². The number of aliphatic hydroxyl groups excluding tert-OH is 1. The van der Waals surface area contributed by atoms with Crippen LogP contribution in [0.2, 0.25) is 0 Å². The molecule has 1 fully saturated rings. The lowest BCUT2D eigenvalue weighted by atomic mass is 9.80. The summed E-state index contributed by atoms with van der Waals surface area (Å²) in [6.45, 7) is 2.79. The third-order valence-corrected chi connectivity index (χ3v) is 10.1.